The highest BCUT2D eigenvalue weighted by Gasteiger charge is 2.13. The summed E-state index contributed by atoms with van der Waals surface area (Å²) in [6.45, 7) is 0.851. The lowest BCUT2D eigenvalue weighted by molar-refractivity contribution is -0.0163. The van der Waals surface area contributed by atoms with Gasteiger partial charge in [-0.1, -0.05) is 5.21 Å². The van der Waals surface area contributed by atoms with Crippen LogP contribution in [0.15, 0.2) is 36.5 Å². The Labute approximate surface area is 108 Å². The Hall–Kier alpha value is -2.47. The fourth-order valence-corrected chi connectivity index (χ4v) is 2.15. The number of fused-ring (bicyclic) bond motifs is 2. The second-order valence-electron chi connectivity index (χ2n) is 4.25. The summed E-state index contributed by atoms with van der Waals surface area (Å²) >= 11 is 0. The Balaban J connectivity index is 1.88. The topological polar surface area (TPSA) is 62.1 Å². The fourth-order valence-electron chi connectivity index (χ4n) is 2.15. The fraction of sp³-hybridized carbons (Fsp3) is 0.154. The molecule has 0 aliphatic carbocycles. The van der Waals surface area contributed by atoms with E-state index >= 15 is 0 Å². The molecule has 0 unspecified atom stereocenters. The van der Waals surface area contributed by atoms with Crippen LogP contribution in [-0.4, -0.2) is 26.8 Å². The van der Waals surface area contributed by atoms with E-state index in [0.29, 0.717) is 13.4 Å². The van der Waals surface area contributed by atoms with Gasteiger partial charge in [0, 0.05) is 11.8 Å². The first kappa shape index (κ1) is 10.5. The van der Waals surface area contributed by atoms with Crippen molar-refractivity contribution in [2.24, 2.45) is 0 Å². The van der Waals surface area contributed by atoms with Crippen LogP contribution in [0.4, 0.5) is 0 Å². The third-order valence-electron chi connectivity index (χ3n) is 3.05. The molecular formula is C13H10N4O2. The maximum atomic E-state index is 5.40. The zero-order valence-corrected chi connectivity index (χ0v) is 9.98. The van der Waals surface area contributed by atoms with Gasteiger partial charge in [-0.15, -0.1) is 5.10 Å². The molecule has 1 aliphatic heterocycles. The van der Waals surface area contributed by atoms with Crippen molar-refractivity contribution in [3.63, 3.8) is 0 Å². The lowest BCUT2D eigenvalue weighted by atomic mass is 10.2. The zero-order valence-electron chi connectivity index (χ0n) is 9.98. The van der Waals surface area contributed by atoms with Gasteiger partial charge in [0.25, 0.3) is 0 Å². The summed E-state index contributed by atoms with van der Waals surface area (Å²) in [4.78, 5) is 4.31. The number of hydrogen-bond acceptors (Lipinski definition) is 5. The molecular weight excluding hydrogens is 244 g/mol. The smallest absolute Gasteiger partial charge is 0.189 e. The predicted molar refractivity (Wildman–Crippen MR) is 66.9 cm³/mol. The summed E-state index contributed by atoms with van der Waals surface area (Å²) in [6.07, 6.45) is 1.73. The van der Waals surface area contributed by atoms with Crippen molar-refractivity contribution in [3.8, 4) is 11.4 Å². The summed E-state index contributed by atoms with van der Waals surface area (Å²) in [5.41, 5.74) is 3.41. The SMILES string of the molecule is c1cnc2c(c1)nnn2-c1ccc2c(c1)COCO2. The highest BCUT2D eigenvalue weighted by atomic mass is 16.7. The highest BCUT2D eigenvalue weighted by Crippen LogP contribution is 2.26. The number of hydrogen-bond donors (Lipinski definition) is 0. The van der Waals surface area contributed by atoms with Crippen molar-refractivity contribution in [2.45, 2.75) is 6.61 Å². The first-order chi connectivity index (χ1) is 9.42. The molecule has 0 saturated carbocycles. The predicted octanol–water partition coefficient (Wildman–Crippen LogP) is 1.68. The van der Waals surface area contributed by atoms with Crippen molar-refractivity contribution >= 4 is 11.2 Å². The minimum Gasteiger partial charge on any atom is -0.467 e. The first-order valence-corrected chi connectivity index (χ1v) is 5.92. The van der Waals surface area contributed by atoms with E-state index < -0.39 is 0 Å². The molecule has 0 atom stereocenters. The van der Waals surface area contributed by atoms with Gasteiger partial charge in [0.15, 0.2) is 12.4 Å². The van der Waals surface area contributed by atoms with Gasteiger partial charge in [-0.05, 0) is 30.3 Å². The number of aromatic nitrogens is 4. The quantitative estimate of drug-likeness (QED) is 0.661. The van der Waals surface area contributed by atoms with Crippen LogP contribution in [0.2, 0.25) is 0 Å². The van der Waals surface area contributed by atoms with E-state index in [1.807, 2.05) is 30.3 Å². The van der Waals surface area contributed by atoms with Crippen LogP contribution in [0, 0.1) is 0 Å². The maximum absolute atomic E-state index is 5.40. The molecule has 0 bridgehead atoms. The monoisotopic (exact) mass is 254 g/mol. The summed E-state index contributed by atoms with van der Waals surface area (Å²) in [5.74, 6) is 0.854. The third kappa shape index (κ3) is 1.65. The third-order valence-corrected chi connectivity index (χ3v) is 3.05. The molecule has 1 aromatic carbocycles. The Morgan fingerprint density at radius 3 is 3.21 bits per heavy atom. The molecule has 3 heterocycles. The molecule has 0 N–H and O–H groups in total. The van der Waals surface area contributed by atoms with E-state index in [1.165, 1.54) is 0 Å². The summed E-state index contributed by atoms with van der Waals surface area (Å²) in [7, 11) is 0. The van der Waals surface area contributed by atoms with Crippen molar-refractivity contribution in [3.05, 3.63) is 42.1 Å². The van der Waals surface area contributed by atoms with Crippen molar-refractivity contribution < 1.29 is 9.47 Å². The van der Waals surface area contributed by atoms with Crippen molar-refractivity contribution in [1.82, 2.24) is 20.0 Å². The molecule has 0 amide bonds. The van der Waals surface area contributed by atoms with Gasteiger partial charge in [0.1, 0.15) is 11.3 Å². The molecule has 4 rings (SSSR count). The average Bonchev–Trinajstić information content (AvgIpc) is 2.91. The Morgan fingerprint density at radius 1 is 1.21 bits per heavy atom. The van der Waals surface area contributed by atoms with Crippen molar-refractivity contribution in [2.75, 3.05) is 6.79 Å². The van der Waals surface area contributed by atoms with E-state index in [4.69, 9.17) is 9.47 Å². The molecule has 0 spiro atoms. The number of nitrogens with zero attached hydrogens (tertiary/aromatic N) is 4. The summed E-state index contributed by atoms with van der Waals surface area (Å²) in [5, 5.41) is 8.23. The van der Waals surface area contributed by atoms with Crippen LogP contribution in [0.25, 0.3) is 16.9 Å². The Kier molecular flexibility index (Phi) is 2.22. The van der Waals surface area contributed by atoms with Crippen molar-refractivity contribution in [1.29, 1.82) is 0 Å². The van der Waals surface area contributed by atoms with Gasteiger partial charge in [-0.25, -0.2) is 4.98 Å². The second-order valence-corrected chi connectivity index (χ2v) is 4.25. The molecule has 0 radical (unpaired) electrons. The van der Waals surface area contributed by atoms with E-state index in [1.54, 1.807) is 10.9 Å². The van der Waals surface area contributed by atoms with Crippen LogP contribution in [-0.2, 0) is 11.3 Å². The lowest BCUT2D eigenvalue weighted by Crippen LogP contribution is -2.11. The van der Waals surface area contributed by atoms with Crippen LogP contribution < -0.4 is 4.74 Å². The molecule has 94 valence electrons. The largest absolute Gasteiger partial charge is 0.467 e. The number of ether oxygens (including phenoxy) is 2. The van der Waals surface area contributed by atoms with Gasteiger partial charge in [-0.3, -0.25) is 0 Å². The highest BCUT2D eigenvalue weighted by molar-refractivity contribution is 5.71. The Bertz CT molecular complexity index is 753. The number of benzene rings is 1. The van der Waals surface area contributed by atoms with E-state index in [-0.39, 0.29) is 0 Å². The standard InChI is InChI=1S/C13H10N4O2/c1-2-11-13(14-5-1)17(16-15-11)10-3-4-12-9(6-10)7-18-8-19-12/h1-6H,7-8H2. The lowest BCUT2D eigenvalue weighted by Gasteiger charge is -2.18. The van der Waals surface area contributed by atoms with Crippen LogP contribution in [0.3, 0.4) is 0 Å². The minimum absolute atomic E-state index is 0.306. The van der Waals surface area contributed by atoms with Gasteiger partial charge in [0.05, 0.1) is 12.3 Å². The molecule has 0 saturated heterocycles. The zero-order chi connectivity index (χ0) is 12.7. The molecule has 6 heteroatoms. The molecule has 3 aromatic rings. The van der Waals surface area contributed by atoms with Crippen LogP contribution in [0.5, 0.6) is 5.75 Å². The molecule has 2 aromatic heterocycles. The molecule has 6 nitrogen and oxygen atoms in total. The van der Waals surface area contributed by atoms with Gasteiger partial charge < -0.3 is 9.47 Å². The second kappa shape index (κ2) is 4.03. The van der Waals surface area contributed by atoms with Gasteiger partial charge >= 0.3 is 0 Å². The molecule has 19 heavy (non-hydrogen) atoms. The van der Waals surface area contributed by atoms with Gasteiger partial charge in [0.2, 0.25) is 0 Å². The molecule has 1 aliphatic rings. The van der Waals surface area contributed by atoms with Crippen LogP contribution >= 0.6 is 0 Å². The van der Waals surface area contributed by atoms with E-state index in [9.17, 15) is 0 Å². The normalized spacial score (nSPS) is 14.1. The number of pyridine rings is 1. The van der Waals surface area contributed by atoms with Crippen LogP contribution in [0.1, 0.15) is 5.56 Å². The maximum Gasteiger partial charge on any atom is 0.189 e. The minimum atomic E-state index is 0.306. The number of rotatable bonds is 1. The first-order valence-electron chi connectivity index (χ1n) is 5.92. The summed E-state index contributed by atoms with van der Waals surface area (Å²) < 4.78 is 12.4. The summed E-state index contributed by atoms with van der Waals surface area (Å²) in [6, 6.07) is 9.57. The van der Waals surface area contributed by atoms with Gasteiger partial charge in [-0.2, -0.15) is 4.68 Å². The Morgan fingerprint density at radius 2 is 2.21 bits per heavy atom. The average molecular weight is 254 g/mol. The molecule has 0 fully saturated rings. The van der Waals surface area contributed by atoms with E-state index in [0.717, 1.165) is 28.2 Å². The van der Waals surface area contributed by atoms with E-state index in [2.05, 4.69) is 15.3 Å².